The molecule has 2 fully saturated rings. The minimum absolute atomic E-state index is 0.0201. The van der Waals surface area contributed by atoms with Crippen molar-refractivity contribution in [2.45, 2.75) is 19.3 Å². The summed E-state index contributed by atoms with van der Waals surface area (Å²) in [7, 11) is 2.14. The fourth-order valence-electron chi connectivity index (χ4n) is 5.74. The van der Waals surface area contributed by atoms with Crippen LogP contribution in [0.1, 0.15) is 19.3 Å². The SMILES string of the molecule is CN1CCN(c2cncc3[nH]c(-c4n[nH]c5ccc(-c6cncc(NC(=O)CC7CCNCC7)c6)nc45)nc23)CC1. The summed E-state index contributed by atoms with van der Waals surface area (Å²) < 4.78 is 0. The minimum Gasteiger partial charge on any atom is -0.366 e. The lowest BCUT2D eigenvalue weighted by Gasteiger charge is -2.33. The molecule has 5 aromatic heterocycles. The third-order valence-corrected chi connectivity index (χ3v) is 8.10. The first-order valence-corrected chi connectivity index (χ1v) is 14.2. The fourth-order valence-corrected chi connectivity index (χ4v) is 5.74. The third-order valence-electron chi connectivity index (χ3n) is 8.10. The summed E-state index contributed by atoms with van der Waals surface area (Å²) in [6.07, 6.45) is 9.71. The van der Waals surface area contributed by atoms with Crippen molar-refractivity contribution in [2.75, 3.05) is 56.5 Å². The molecule has 1 amide bonds. The lowest BCUT2D eigenvalue weighted by Crippen LogP contribution is -2.44. The molecule has 210 valence electrons. The Balaban J connectivity index is 1.16. The van der Waals surface area contributed by atoms with Gasteiger partial charge < -0.3 is 25.4 Å². The topological polar surface area (TPSA) is 144 Å². The average molecular weight is 552 g/mol. The summed E-state index contributed by atoms with van der Waals surface area (Å²) in [5.41, 5.74) is 7.13. The maximum atomic E-state index is 12.7. The Morgan fingerprint density at radius 3 is 2.66 bits per heavy atom. The number of anilines is 2. The number of carbonyl (C=O) groups is 1. The summed E-state index contributed by atoms with van der Waals surface area (Å²) in [6, 6.07) is 5.79. The summed E-state index contributed by atoms with van der Waals surface area (Å²) in [5, 5.41) is 14.0. The number of aromatic nitrogens is 7. The van der Waals surface area contributed by atoms with Crippen LogP contribution in [0.5, 0.6) is 0 Å². The molecule has 0 aliphatic carbocycles. The maximum absolute atomic E-state index is 12.7. The zero-order valence-corrected chi connectivity index (χ0v) is 23.0. The van der Waals surface area contributed by atoms with Crippen LogP contribution in [0.15, 0.2) is 43.0 Å². The lowest BCUT2D eigenvalue weighted by molar-refractivity contribution is -0.117. The average Bonchev–Trinajstić information content (AvgIpc) is 3.62. The first-order chi connectivity index (χ1) is 20.1. The van der Waals surface area contributed by atoms with E-state index in [0.717, 1.165) is 85.6 Å². The highest BCUT2D eigenvalue weighted by atomic mass is 16.1. The van der Waals surface area contributed by atoms with E-state index in [-0.39, 0.29) is 5.91 Å². The molecule has 0 saturated carbocycles. The van der Waals surface area contributed by atoms with E-state index in [1.54, 1.807) is 18.6 Å². The van der Waals surface area contributed by atoms with Crippen LogP contribution < -0.4 is 15.5 Å². The number of nitrogens with zero attached hydrogens (tertiary/aromatic N) is 7. The largest absolute Gasteiger partial charge is 0.366 e. The van der Waals surface area contributed by atoms with Crippen LogP contribution in [-0.4, -0.2) is 92.2 Å². The second-order valence-electron chi connectivity index (χ2n) is 11.0. The fraction of sp³-hybridized carbons (Fsp3) is 0.379. The normalized spacial score (nSPS) is 17.0. The molecule has 0 radical (unpaired) electrons. The Morgan fingerprint density at radius 2 is 1.80 bits per heavy atom. The van der Waals surface area contributed by atoms with Crippen molar-refractivity contribution in [3.63, 3.8) is 0 Å². The zero-order chi connectivity index (χ0) is 27.8. The number of hydrogen-bond donors (Lipinski definition) is 4. The van der Waals surface area contributed by atoms with E-state index in [9.17, 15) is 4.79 Å². The van der Waals surface area contributed by atoms with E-state index in [4.69, 9.17) is 9.97 Å². The molecule has 4 N–H and O–H groups in total. The standard InChI is InChI=1S/C29H33N11O/c1-39-8-10-40(11-9-39)24-17-32-16-23-26(24)36-29(35-23)28-27-22(37-38-28)3-2-21(34-27)19-13-20(15-31-14-19)33-25(41)12-18-4-6-30-7-5-18/h2-3,13-18,30H,4-12H2,1H3,(H,33,41)(H,35,36)(H,37,38). The van der Waals surface area contributed by atoms with Crippen LogP contribution in [0.25, 0.3) is 44.8 Å². The summed E-state index contributed by atoms with van der Waals surface area (Å²) >= 11 is 0. The molecule has 0 unspecified atom stereocenters. The van der Waals surface area contributed by atoms with Crippen LogP contribution in [0.4, 0.5) is 11.4 Å². The predicted octanol–water partition coefficient (Wildman–Crippen LogP) is 3.04. The number of likely N-dealkylation sites (N-methyl/N-ethyl adjacent to an activating group) is 1. The molecule has 7 heterocycles. The molecule has 0 spiro atoms. The van der Waals surface area contributed by atoms with Gasteiger partial charge in [0.1, 0.15) is 11.0 Å². The third kappa shape index (κ3) is 5.23. The predicted molar refractivity (Wildman–Crippen MR) is 159 cm³/mol. The van der Waals surface area contributed by atoms with E-state index < -0.39 is 0 Å². The van der Waals surface area contributed by atoms with E-state index in [1.165, 1.54) is 0 Å². The first kappa shape index (κ1) is 25.5. The van der Waals surface area contributed by atoms with Crippen molar-refractivity contribution < 1.29 is 4.79 Å². The van der Waals surface area contributed by atoms with Crippen LogP contribution in [0, 0.1) is 5.92 Å². The van der Waals surface area contributed by atoms with Crippen LogP contribution in [0.3, 0.4) is 0 Å². The van der Waals surface area contributed by atoms with Gasteiger partial charge in [0.2, 0.25) is 5.91 Å². The molecule has 2 aliphatic heterocycles. The van der Waals surface area contributed by atoms with E-state index in [2.05, 4.69) is 52.6 Å². The van der Waals surface area contributed by atoms with Crippen molar-refractivity contribution in [1.29, 1.82) is 0 Å². The molecule has 12 nitrogen and oxygen atoms in total. The molecule has 2 aliphatic rings. The molecular weight excluding hydrogens is 518 g/mol. The van der Waals surface area contributed by atoms with Gasteiger partial charge in [0.25, 0.3) is 0 Å². The Bertz CT molecular complexity index is 1700. The smallest absolute Gasteiger partial charge is 0.224 e. The zero-order valence-electron chi connectivity index (χ0n) is 23.0. The number of aromatic amines is 2. The van der Waals surface area contributed by atoms with Crippen LogP contribution in [0.2, 0.25) is 0 Å². The number of fused-ring (bicyclic) bond motifs is 2. The lowest BCUT2D eigenvalue weighted by atomic mass is 9.94. The highest BCUT2D eigenvalue weighted by Crippen LogP contribution is 2.31. The Hall–Kier alpha value is -4.42. The number of hydrogen-bond acceptors (Lipinski definition) is 9. The van der Waals surface area contributed by atoms with Gasteiger partial charge in [-0.3, -0.25) is 19.9 Å². The van der Waals surface area contributed by atoms with Gasteiger partial charge in [-0.25, -0.2) is 9.97 Å². The van der Waals surface area contributed by atoms with Crippen LogP contribution in [-0.2, 0) is 4.79 Å². The Kier molecular flexibility index (Phi) is 6.77. The number of piperidine rings is 1. The van der Waals surface area contributed by atoms with Gasteiger partial charge in [-0.1, -0.05) is 0 Å². The second-order valence-corrected chi connectivity index (χ2v) is 11.0. The second kappa shape index (κ2) is 10.9. The van der Waals surface area contributed by atoms with E-state index >= 15 is 0 Å². The molecule has 12 heteroatoms. The maximum Gasteiger partial charge on any atom is 0.224 e. The highest BCUT2D eigenvalue weighted by molar-refractivity contribution is 5.95. The Labute approximate surface area is 237 Å². The summed E-state index contributed by atoms with van der Waals surface area (Å²) in [6.45, 7) is 5.82. The van der Waals surface area contributed by atoms with E-state index in [0.29, 0.717) is 35.1 Å². The number of rotatable bonds is 6. The monoisotopic (exact) mass is 551 g/mol. The van der Waals surface area contributed by atoms with Crippen molar-refractivity contribution in [2.24, 2.45) is 5.92 Å². The summed E-state index contributed by atoms with van der Waals surface area (Å²) in [4.78, 5) is 39.5. The summed E-state index contributed by atoms with van der Waals surface area (Å²) in [5.74, 6) is 1.07. The van der Waals surface area contributed by atoms with Gasteiger partial charge in [-0.05, 0) is 57.1 Å². The van der Waals surface area contributed by atoms with E-state index in [1.807, 2.05) is 24.4 Å². The molecular formula is C29H33N11O. The quantitative estimate of drug-likeness (QED) is 0.250. The van der Waals surface area contributed by atoms with Crippen LogP contribution >= 0.6 is 0 Å². The van der Waals surface area contributed by atoms with Gasteiger partial charge in [-0.15, -0.1) is 0 Å². The first-order valence-electron chi connectivity index (χ1n) is 14.2. The van der Waals surface area contributed by atoms with Gasteiger partial charge in [0.15, 0.2) is 11.5 Å². The molecule has 41 heavy (non-hydrogen) atoms. The number of imidazole rings is 1. The van der Waals surface area contributed by atoms with Gasteiger partial charge in [0, 0.05) is 44.4 Å². The number of pyridine rings is 3. The molecule has 5 aromatic rings. The van der Waals surface area contributed by atoms with Crippen molar-refractivity contribution in [3.05, 3.63) is 43.0 Å². The number of amides is 1. The van der Waals surface area contributed by atoms with Crippen molar-refractivity contribution in [1.82, 2.24) is 45.3 Å². The molecule has 2 saturated heterocycles. The van der Waals surface area contributed by atoms with Crippen molar-refractivity contribution >= 4 is 39.3 Å². The van der Waals surface area contributed by atoms with Crippen molar-refractivity contribution in [3.8, 4) is 22.8 Å². The van der Waals surface area contributed by atoms with Gasteiger partial charge in [0.05, 0.1) is 46.7 Å². The van der Waals surface area contributed by atoms with Gasteiger partial charge >= 0.3 is 0 Å². The van der Waals surface area contributed by atoms with Gasteiger partial charge in [-0.2, -0.15) is 5.10 Å². The number of nitrogens with one attached hydrogen (secondary N) is 4. The molecule has 0 bridgehead atoms. The highest BCUT2D eigenvalue weighted by Gasteiger charge is 2.21. The Morgan fingerprint density at radius 1 is 0.976 bits per heavy atom. The molecule has 0 aromatic carbocycles. The molecule has 7 rings (SSSR count). The number of piperazine rings is 1. The number of carbonyl (C=O) groups excluding carboxylic acids is 1. The molecule has 0 atom stereocenters. The number of H-pyrrole nitrogens is 2. The minimum atomic E-state index is 0.0201.